The molecule has 2 N–H and O–H groups in total. The molecule has 88 valence electrons. The van der Waals surface area contributed by atoms with Gasteiger partial charge in [-0.1, -0.05) is 24.3 Å². The predicted octanol–water partition coefficient (Wildman–Crippen LogP) is 3.32. The van der Waals surface area contributed by atoms with Crippen molar-refractivity contribution in [1.29, 1.82) is 0 Å². The fourth-order valence-electron chi connectivity index (χ4n) is 2.32. The molecule has 0 aliphatic heterocycles. The summed E-state index contributed by atoms with van der Waals surface area (Å²) in [5.41, 5.74) is 7.18. The number of alkyl halides is 1. The molecule has 1 aliphatic carbocycles. The topological polar surface area (TPSA) is 26.0 Å². The average Bonchev–Trinajstić information content (AvgIpc) is 2.12. The molecule has 1 aliphatic rings. The highest BCUT2D eigenvalue weighted by molar-refractivity contribution is 5.31. The van der Waals surface area contributed by atoms with Crippen LogP contribution in [0.4, 0.5) is 4.39 Å². The smallest absolute Gasteiger partial charge is 0.109 e. The van der Waals surface area contributed by atoms with Crippen molar-refractivity contribution < 1.29 is 4.39 Å². The first kappa shape index (κ1) is 11.6. The van der Waals surface area contributed by atoms with Gasteiger partial charge in [0.05, 0.1) is 0 Å². The van der Waals surface area contributed by atoms with Gasteiger partial charge in [-0.25, -0.2) is 4.39 Å². The molecule has 0 radical (unpaired) electrons. The highest BCUT2D eigenvalue weighted by Crippen LogP contribution is 2.39. The van der Waals surface area contributed by atoms with E-state index in [2.05, 4.69) is 12.1 Å². The fourth-order valence-corrected chi connectivity index (χ4v) is 2.32. The van der Waals surface area contributed by atoms with Crippen LogP contribution in [0.3, 0.4) is 0 Å². The van der Waals surface area contributed by atoms with Gasteiger partial charge in [0.15, 0.2) is 0 Å². The van der Waals surface area contributed by atoms with Crippen molar-refractivity contribution in [3.63, 3.8) is 0 Å². The van der Waals surface area contributed by atoms with Crippen molar-refractivity contribution >= 4 is 0 Å². The van der Waals surface area contributed by atoms with Crippen LogP contribution in [0.5, 0.6) is 0 Å². The fraction of sp³-hybridized carbons (Fsp3) is 0.571. The van der Waals surface area contributed by atoms with E-state index in [0.29, 0.717) is 6.42 Å². The van der Waals surface area contributed by atoms with Gasteiger partial charge in [0.2, 0.25) is 0 Å². The van der Waals surface area contributed by atoms with Gasteiger partial charge in [-0.05, 0) is 44.2 Å². The van der Waals surface area contributed by atoms with Crippen LogP contribution in [0.2, 0.25) is 0 Å². The van der Waals surface area contributed by atoms with Gasteiger partial charge in [0.1, 0.15) is 5.67 Å². The van der Waals surface area contributed by atoms with Crippen LogP contribution in [0.25, 0.3) is 0 Å². The second-order valence-corrected chi connectivity index (χ2v) is 5.61. The quantitative estimate of drug-likeness (QED) is 0.832. The monoisotopic (exact) mass is 221 g/mol. The van der Waals surface area contributed by atoms with Crippen molar-refractivity contribution in [2.75, 3.05) is 0 Å². The molecule has 1 aromatic rings. The minimum absolute atomic E-state index is 0.142. The normalized spacial score (nSPS) is 19.2. The van der Waals surface area contributed by atoms with E-state index < -0.39 is 5.67 Å². The summed E-state index contributed by atoms with van der Waals surface area (Å²) in [5, 5.41) is 0. The first-order valence-corrected chi connectivity index (χ1v) is 5.96. The third kappa shape index (κ3) is 2.43. The Hall–Kier alpha value is -0.890. The van der Waals surface area contributed by atoms with Gasteiger partial charge >= 0.3 is 0 Å². The third-order valence-electron chi connectivity index (χ3n) is 3.37. The maximum absolute atomic E-state index is 13.6. The number of hydrogen-bond donors (Lipinski definition) is 1. The van der Waals surface area contributed by atoms with E-state index in [4.69, 9.17) is 5.73 Å². The van der Waals surface area contributed by atoms with E-state index in [1.54, 1.807) is 13.8 Å². The molecule has 0 saturated heterocycles. The summed E-state index contributed by atoms with van der Waals surface area (Å²) in [6.45, 7) is 3.22. The molecule has 1 fully saturated rings. The minimum Gasteiger partial charge on any atom is -0.321 e. The molecule has 1 nitrogen and oxygen atoms in total. The number of halogens is 1. The Morgan fingerprint density at radius 2 is 2.06 bits per heavy atom. The summed E-state index contributed by atoms with van der Waals surface area (Å²) >= 11 is 0. The van der Waals surface area contributed by atoms with Crippen LogP contribution in [0.1, 0.15) is 44.2 Å². The molecular formula is C14H20FN. The summed E-state index contributed by atoms with van der Waals surface area (Å²) in [6.07, 6.45) is 3.76. The lowest BCUT2D eigenvalue weighted by molar-refractivity contribution is 0.216. The number of benzene rings is 1. The van der Waals surface area contributed by atoms with E-state index >= 15 is 0 Å². The standard InChI is InChI=1S/C14H20FN/c1-13(2,15)10-11-5-3-6-12(9-11)14(16)7-4-8-14/h3,5-6,9H,4,7-8,10,16H2,1-2H3. The Morgan fingerprint density at radius 1 is 1.38 bits per heavy atom. The van der Waals surface area contributed by atoms with Gasteiger partial charge in [0, 0.05) is 12.0 Å². The molecule has 2 heteroatoms. The second kappa shape index (κ2) is 3.85. The molecular weight excluding hydrogens is 201 g/mol. The van der Waals surface area contributed by atoms with Crippen LogP contribution in [-0.2, 0) is 12.0 Å². The minimum atomic E-state index is -1.15. The van der Waals surface area contributed by atoms with Crippen molar-refractivity contribution in [2.45, 2.75) is 50.7 Å². The van der Waals surface area contributed by atoms with Crippen molar-refractivity contribution in [3.8, 4) is 0 Å². The van der Waals surface area contributed by atoms with Gasteiger partial charge in [-0.3, -0.25) is 0 Å². The summed E-state index contributed by atoms with van der Waals surface area (Å²) in [5.74, 6) is 0. The molecule has 0 unspecified atom stereocenters. The molecule has 0 atom stereocenters. The Kier molecular flexibility index (Phi) is 2.79. The summed E-state index contributed by atoms with van der Waals surface area (Å²) in [4.78, 5) is 0. The molecule has 1 saturated carbocycles. The lowest BCUT2D eigenvalue weighted by Gasteiger charge is -2.39. The first-order valence-electron chi connectivity index (χ1n) is 5.96. The molecule has 0 bridgehead atoms. The Labute approximate surface area is 96.9 Å². The zero-order valence-electron chi connectivity index (χ0n) is 10.1. The molecule has 16 heavy (non-hydrogen) atoms. The molecule has 1 aromatic carbocycles. The molecule has 0 spiro atoms. The molecule has 2 rings (SSSR count). The predicted molar refractivity (Wildman–Crippen MR) is 65.0 cm³/mol. The van der Waals surface area contributed by atoms with Gasteiger partial charge < -0.3 is 5.73 Å². The highest BCUT2D eigenvalue weighted by Gasteiger charge is 2.34. The van der Waals surface area contributed by atoms with Crippen molar-refractivity contribution in [3.05, 3.63) is 35.4 Å². The number of nitrogens with two attached hydrogens (primary N) is 1. The van der Waals surface area contributed by atoms with E-state index in [-0.39, 0.29) is 5.54 Å². The largest absolute Gasteiger partial charge is 0.321 e. The maximum Gasteiger partial charge on any atom is 0.109 e. The Bertz CT molecular complexity index is 375. The van der Waals surface area contributed by atoms with Crippen LogP contribution in [-0.4, -0.2) is 5.67 Å². The molecule has 0 aromatic heterocycles. The highest BCUT2D eigenvalue weighted by atomic mass is 19.1. The van der Waals surface area contributed by atoms with Crippen LogP contribution in [0.15, 0.2) is 24.3 Å². The van der Waals surface area contributed by atoms with E-state index in [1.807, 2.05) is 12.1 Å². The summed E-state index contributed by atoms with van der Waals surface area (Å²) < 4.78 is 13.6. The van der Waals surface area contributed by atoms with Gasteiger partial charge in [-0.2, -0.15) is 0 Å². The lowest BCUT2D eigenvalue weighted by Crippen LogP contribution is -2.43. The van der Waals surface area contributed by atoms with Gasteiger partial charge in [-0.15, -0.1) is 0 Å². The third-order valence-corrected chi connectivity index (χ3v) is 3.37. The Balaban J connectivity index is 2.20. The van der Waals surface area contributed by atoms with Crippen LogP contribution in [0, 0.1) is 0 Å². The number of rotatable bonds is 3. The lowest BCUT2D eigenvalue weighted by atomic mass is 9.72. The zero-order valence-corrected chi connectivity index (χ0v) is 10.1. The summed E-state index contributed by atoms with van der Waals surface area (Å²) in [6, 6.07) is 8.10. The zero-order chi connectivity index (χ0) is 11.8. The van der Waals surface area contributed by atoms with Crippen molar-refractivity contribution in [2.24, 2.45) is 5.73 Å². The van der Waals surface area contributed by atoms with Crippen molar-refractivity contribution in [1.82, 2.24) is 0 Å². The van der Waals surface area contributed by atoms with E-state index in [0.717, 1.165) is 18.4 Å². The van der Waals surface area contributed by atoms with E-state index in [1.165, 1.54) is 12.0 Å². The van der Waals surface area contributed by atoms with E-state index in [9.17, 15) is 4.39 Å². The SMILES string of the molecule is CC(C)(F)Cc1cccc(C2(N)CCC2)c1. The van der Waals surface area contributed by atoms with Crippen LogP contribution < -0.4 is 5.73 Å². The first-order chi connectivity index (χ1) is 7.39. The number of hydrogen-bond acceptors (Lipinski definition) is 1. The second-order valence-electron chi connectivity index (χ2n) is 5.61. The summed E-state index contributed by atoms with van der Waals surface area (Å²) in [7, 11) is 0. The van der Waals surface area contributed by atoms with Crippen LogP contribution >= 0.6 is 0 Å². The maximum atomic E-state index is 13.6. The Morgan fingerprint density at radius 3 is 2.56 bits per heavy atom. The van der Waals surface area contributed by atoms with Gasteiger partial charge in [0.25, 0.3) is 0 Å². The molecule has 0 heterocycles. The average molecular weight is 221 g/mol. The molecule has 0 amide bonds.